The Morgan fingerprint density at radius 1 is 1.64 bits per heavy atom. The van der Waals surface area contributed by atoms with Crippen LogP contribution in [0.3, 0.4) is 0 Å². The number of hydrogen-bond acceptors (Lipinski definition) is 2. The van der Waals surface area contributed by atoms with Gasteiger partial charge in [-0.1, -0.05) is 12.8 Å². The third kappa shape index (κ3) is 2.61. The Bertz CT molecular complexity index is 309. The molecule has 1 aromatic rings. The third-order valence-electron chi connectivity index (χ3n) is 2.26. The highest BCUT2D eigenvalue weighted by molar-refractivity contribution is 5.00. The summed E-state index contributed by atoms with van der Waals surface area (Å²) in [5.74, 6) is 3.75. The summed E-state index contributed by atoms with van der Waals surface area (Å²) in [6.07, 6.45) is 10.1. The minimum atomic E-state index is 0.150. The van der Waals surface area contributed by atoms with Crippen molar-refractivity contribution < 1.29 is 0 Å². The van der Waals surface area contributed by atoms with Crippen LogP contribution in [-0.4, -0.2) is 15.6 Å². The van der Waals surface area contributed by atoms with Gasteiger partial charge in [0.25, 0.3) is 0 Å². The molecule has 3 heteroatoms. The fraction of sp³-hybridized carbons (Fsp3) is 0.545. The molecule has 0 bridgehead atoms. The minimum absolute atomic E-state index is 0.150. The molecular weight excluding hydrogens is 174 g/mol. The second-order valence-electron chi connectivity index (χ2n) is 3.14. The van der Waals surface area contributed by atoms with Crippen molar-refractivity contribution in [2.75, 3.05) is 0 Å². The molecule has 0 aliphatic rings. The Kier molecular flexibility index (Phi) is 4.21. The summed E-state index contributed by atoms with van der Waals surface area (Å²) >= 11 is 0. The lowest BCUT2D eigenvalue weighted by atomic mass is 10.2. The van der Waals surface area contributed by atoms with Crippen molar-refractivity contribution in [1.82, 2.24) is 14.9 Å². The molecule has 1 aromatic heterocycles. The molecule has 1 unspecified atom stereocenters. The minimum Gasteiger partial charge on any atom is -0.334 e. The summed E-state index contributed by atoms with van der Waals surface area (Å²) in [6, 6.07) is 0.150. The molecule has 0 aromatic carbocycles. The van der Waals surface area contributed by atoms with E-state index in [0.717, 1.165) is 25.3 Å². The molecule has 1 heterocycles. The maximum absolute atomic E-state index is 5.35. The summed E-state index contributed by atoms with van der Waals surface area (Å²) in [6.45, 7) is 5.86. The Hall–Kier alpha value is -1.27. The Balaban J connectivity index is 2.49. The summed E-state index contributed by atoms with van der Waals surface area (Å²) in [5.41, 5.74) is 0. The van der Waals surface area contributed by atoms with Gasteiger partial charge in [-0.15, -0.1) is 6.42 Å². The van der Waals surface area contributed by atoms with Gasteiger partial charge in [-0.2, -0.15) is 0 Å². The van der Waals surface area contributed by atoms with Gasteiger partial charge in [0.2, 0.25) is 0 Å². The summed E-state index contributed by atoms with van der Waals surface area (Å²) < 4.78 is 2.11. The van der Waals surface area contributed by atoms with Crippen molar-refractivity contribution in [2.45, 2.75) is 39.4 Å². The van der Waals surface area contributed by atoms with E-state index in [1.54, 1.807) is 0 Å². The van der Waals surface area contributed by atoms with E-state index in [4.69, 9.17) is 6.42 Å². The summed E-state index contributed by atoms with van der Waals surface area (Å²) in [4.78, 5) is 4.26. The maximum Gasteiger partial charge on any atom is 0.122 e. The van der Waals surface area contributed by atoms with Gasteiger partial charge in [0.05, 0.1) is 12.6 Å². The molecule has 0 fully saturated rings. The number of aromatic nitrogens is 2. The lowest BCUT2D eigenvalue weighted by molar-refractivity contribution is 0.555. The first-order valence-electron chi connectivity index (χ1n) is 5.01. The van der Waals surface area contributed by atoms with Crippen LogP contribution in [0.2, 0.25) is 0 Å². The number of nitrogens with one attached hydrogen (secondary N) is 1. The average Bonchev–Trinajstić information content (AvgIpc) is 2.67. The molecule has 0 spiro atoms. The summed E-state index contributed by atoms with van der Waals surface area (Å²) in [7, 11) is 0. The second kappa shape index (κ2) is 5.46. The average molecular weight is 191 g/mol. The van der Waals surface area contributed by atoms with Gasteiger partial charge >= 0.3 is 0 Å². The first kappa shape index (κ1) is 10.8. The zero-order valence-electron chi connectivity index (χ0n) is 8.83. The largest absolute Gasteiger partial charge is 0.334 e. The molecule has 0 amide bonds. The zero-order valence-corrected chi connectivity index (χ0v) is 8.83. The number of hydrogen-bond donors (Lipinski definition) is 1. The first-order chi connectivity index (χ1) is 6.81. The van der Waals surface area contributed by atoms with Crippen LogP contribution in [0.5, 0.6) is 0 Å². The SMILES string of the molecule is C#CC(CC)NCc1nccn1CC. The fourth-order valence-corrected chi connectivity index (χ4v) is 1.33. The maximum atomic E-state index is 5.35. The van der Waals surface area contributed by atoms with Crippen molar-refractivity contribution in [3.05, 3.63) is 18.2 Å². The predicted octanol–water partition coefficient (Wildman–Crippen LogP) is 1.40. The highest BCUT2D eigenvalue weighted by atomic mass is 15.1. The molecule has 0 saturated carbocycles. The number of aryl methyl sites for hydroxylation is 1. The topological polar surface area (TPSA) is 29.9 Å². The van der Waals surface area contributed by atoms with E-state index in [1.807, 2.05) is 12.4 Å². The fourth-order valence-electron chi connectivity index (χ4n) is 1.33. The van der Waals surface area contributed by atoms with Crippen LogP contribution in [0.25, 0.3) is 0 Å². The van der Waals surface area contributed by atoms with E-state index in [-0.39, 0.29) is 6.04 Å². The quantitative estimate of drug-likeness (QED) is 0.713. The van der Waals surface area contributed by atoms with Crippen LogP contribution in [0.15, 0.2) is 12.4 Å². The van der Waals surface area contributed by atoms with Gasteiger partial charge in [0, 0.05) is 18.9 Å². The van der Waals surface area contributed by atoms with Crippen LogP contribution in [0.4, 0.5) is 0 Å². The molecule has 0 aliphatic heterocycles. The molecule has 3 nitrogen and oxygen atoms in total. The van der Waals surface area contributed by atoms with E-state index in [0.29, 0.717) is 0 Å². The molecule has 14 heavy (non-hydrogen) atoms. The number of nitrogens with zero attached hydrogens (tertiary/aromatic N) is 2. The normalized spacial score (nSPS) is 12.4. The third-order valence-corrected chi connectivity index (χ3v) is 2.26. The van der Waals surface area contributed by atoms with Crippen molar-refractivity contribution in [3.63, 3.8) is 0 Å². The van der Waals surface area contributed by atoms with Crippen molar-refractivity contribution in [3.8, 4) is 12.3 Å². The van der Waals surface area contributed by atoms with E-state index in [2.05, 4.69) is 34.6 Å². The van der Waals surface area contributed by atoms with Crippen molar-refractivity contribution in [2.24, 2.45) is 0 Å². The van der Waals surface area contributed by atoms with Crippen LogP contribution in [-0.2, 0) is 13.1 Å². The lowest BCUT2D eigenvalue weighted by Crippen LogP contribution is -2.27. The van der Waals surface area contributed by atoms with E-state index >= 15 is 0 Å². The van der Waals surface area contributed by atoms with Gasteiger partial charge in [0.1, 0.15) is 5.82 Å². The number of rotatable bonds is 5. The van der Waals surface area contributed by atoms with Gasteiger partial charge < -0.3 is 4.57 Å². The Morgan fingerprint density at radius 3 is 3.00 bits per heavy atom. The first-order valence-corrected chi connectivity index (χ1v) is 5.01. The van der Waals surface area contributed by atoms with Gasteiger partial charge in [-0.25, -0.2) is 4.98 Å². The van der Waals surface area contributed by atoms with Crippen molar-refractivity contribution >= 4 is 0 Å². The van der Waals surface area contributed by atoms with Gasteiger partial charge in [-0.05, 0) is 13.3 Å². The van der Waals surface area contributed by atoms with Crippen LogP contribution in [0.1, 0.15) is 26.1 Å². The molecule has 0 radical (unpaired) electrons. The molecule has 1 rings (SSSR count). The molecule has 1 atom stereocenters. The van der Waals surface area contributed by atoms with Gasteiger partial charge in [0.15, 0.2) is 0 Å². The molecule has 0 aliphatic carbocycles. The monoisotopic (exact) mass is 191 g/mol. The standard InChI is InChI=1S/C11H17N3/c1-4-10(5-2)13-9-11-12-7-8-14(11)6-3/h1,7-8,10,13H,5-6,9H2,2-3H3. The van der Waals surface area contributed by atoms with Gasteiger partial charge in [-0.3, -0.25) is 5.32 Å². The Labute approximate surface area is 85.5 Å². The second-order valence-corrected chi connectivity index (χ2v) is 3.14. The van der Waals surface area contributed by atoms with Crippen LogP contribution < -0.4 is 5.32 Å². The van der Waals surface area contributed by atoms with E-state index < -0.39 is 0 Å². The zero-order chi connectivity index (χ0) is 10.4. The van der Waals surface area contributed by atoms with Crippen LogP contribution in [0, 0.1) is 12.3 Å². The smallest absolute Gasteiger partial charge is 0.122 e. The number of terminal acetylenes is 1. The Morgan fingerprint density at radius 2 is 2.43 bits per heavy atom. The predicted molar refractivity (Wildman–Crippen MR) is 57.7 cm³/mol. The van der Waals surface area contributed by atoms with E-state index in [1.165, 1.54) is 0 Å². The molecule has 0 saturated heterocycles. The highest BCUT2D eigenvalue weighted by Crippen LogP contribution is 1.98. The molecule has 1 N–H and O–H groups in total. The van der Waals surface area contributed by atoms with Crippen molar-refractivity contribution in [1.29, 1.82) is 0 Å². The molecular formula is C11H17N3. The number of imidazole rings is 1. The molecule has 76 valence electrons. The summed E-state index contributed by atoms with van der Waals surface area (Å²) in [5, 5.41) is 3.28. The highest BCUT2D eigenvalue weighted by Gasteiger charge is 2.04. The van der Waals surface area contributed by atoms with Crippen LogP contribution >= 0.6 is 0 Å². The van der Waals surface area contributed by atoms with E-state index in [9.17, 15) is 0 Å². The lowest BCUT2D eigenvalue weighted by Gasteiger charge is -2.10.